The molecule has 0 aliphatic rings. The van der Waals surface area contributed by atoms with Crippen LogP contribution in [0.3, 0.4) is 0 Å². The lowest BCUT2D eigenvalue weighted by Crippen LogP contribution is -2.35. The Morgan fingerprint density at radius 3 is 2.88 bits per heavy atom. The molecule has 0 amide bonds. The first-order chi connectivity index (χ1) is 7.67. The summed E-state index contributed by atoms with van der Waals surface area (Å²) >= 11 is 0. The normalized spacial score (nSPS) is 12.7. The van der Waals surface area contributed by atoms with Crippen molar-refractivity contribution < 1.29 is 19.3 Å². The summed E-state index contributed by atoms with van der Waals surface area (Å²) in [4.78, 5) is 0. The van der Waals surface area contributed by atoms with E-state index in [1.165, 1.54) is 25.3 Å². The molecular formula is C11H16FNO3. The number of ether oxygens (including phenoxy) is 1. The van der Waals surface area contributed by atoms with Crippen LogP contribution in [0.2, 0.25) is 0 Å². The minimum absolute atomic E-state index is 0.0306. The van der Waals surface area contributed by atoms with Crippen molar-refractivity contribution in [2.45, 2.75) is 12.6 Å². The molecule has 0 fully saturated rings. The number of hydrogen-bond donors (Lipinski definition) is 3. The molecular weight excluding hydrogens is 213 g/mol. The zero-order chi connectivity index (χ0) is 12.0. The Bertz CT molecular complexity index is 333. The maximum absolute atomic E-state index is 12.9. The Morgan fingerprint density at radius 1 is 1.50 bits per heavy atom. The highest BCUT2D eigenvalue weighted by Crippen LogP contribution is 2.17. The number of halogens is 1. The standard InChI is InChI=1S/C11H16FNO3/c1-16-7-10(6-14)13-5-8-4-9(12)2-3-11(8)15/h2-4,10,13-15H,5-7H2,1H3. The number of benzene rings is 1. The van der Waals surface area contributed by atoms with E-state index < -0.39 is 5.82 Å². The summed E-state index contributed by atoms with van der Waals surface area (Å²) in [5.41, 5.74) is 0.453. The van der Waals surface area contributed by atoms with Gasteiger partial charge < -0.3 is 20.3 Å². The molecule has 1 aromatic carbocycles. The third-order valence-corrected chi connectivity index (χ3v) is 2.21. The largest absolute Gasteiger partial charge is 0.508 e. The molecule has 4 nitrogen and oxygen atoms in total. The lowest BCUT2D eigenvalue weighted by atomic mass is 10.2. The number of aliphatic hydroxyl groups is 1. The van der Waals surface area contributed by atoms with Gasteiger partial charge in [-0.25, -0.2) is 4.39 Å². The van der Waals surface area contributed by atoms with E-state index in [1.54, 1.807) is 0 Å². The van der Waals surface area contributed by atoms with Gasteiger partial charge in [0, 0.05) is 19.2 Å². The van der Waals surface area contributed by atoms with Crippen molar-refractivity contribution in [3.63, 3.8) is 0 Å². The van der Waals surface area contributed by atoms with Gasteiger partial charge in [0.05, 0.1) is 19.3 Å². The second kappa shape index (κ2) is 6.42. The zero-order valence-electron chi connectivity index (χ0n) is 9.11. The van der Waals surface area contributed by atoms with Crippen LogP contribution in [-0.4, -0.2) is 36.6 Å². The van der Waals surface area contributed by atoms with E-state index in [0.717, 1.165) is 0 Å². The number of aromatic hydroxyl groups is 1. The van der Waals surface area contributed by atoms with Gasteiger partial charge in [0.25, 0.3) is 0 Å². The maximum atomic E-state index is 12.9. The average molecular weight is 229 g/mol. The number of nitrogens with one attached hydrogen (secondary N) is 1. The van der Waals surface area contributed by atoms with E-state index in [1.807, 2.05) is 0 Å². The predicted octanol–water partition coefficient (Wildman–Crippen LogP) is 0.628. The summed E-state index contributed by atoms with van der Waals surface area (Å²) in [6.07, 6.45) is 0. The van der Waals surface area contributed by atoms with Gasteiger partial charge in [-0.2, -0.15) is 0 Å². The Morgan fingerprint density at radius 2 is 2.25 bits per heavy atom. The molecule has 1 unspecified atom stereocenters. The van der Waals surface area contributed by atoms with Gasteiger partial charge in [-0.05, 0) is 18.2 Å². The third-order valence-electron chi connectivity index (χ3n) is 2.21. The van der Waals surface area contributed by atoms with E-state index in [9.17, 15) is 9.50 Å². The lowest BCUT2D eigenvalue weighted by molar-refractivity contribution is 0.128. The molecule has 0 spiro atoms. The topological polar surface area (TPSA) is 61.7 Å². The summed E-state index contributed by atoms with van der Waals surface area (Å²) in [6, 6.07) is 3.52. The molecule has 1 atom stereocenters. The number of rotatable bonds is 6. The van der Waals surface area contributed by atoms with E-state index in [4.69, 9.17) is 9.84 Å². The van der Waals surface area contributed by atoms with Gasteiger partial charge in [0.1, 0.15) is 11.6 Å². The Balaban J connectivity index is 2.55. The minimum Gasteiger partial charge on any atom is -0.508 e. The van der Waals surface area contributed by atoms with Crippen LogP contribution in [-0.2, 0) is 11.3 Å². The third kappa shape index (κ3) is 3.77. The van der Waals surface area contributed by atoms with Crippen LogP contribution in [0.15, 0.2) is 18.2 Å². The molecule has 0 aromatic heterocycles. The van der Waals surface area contributed by atoms with Crippen molar-refractivity contribution in [1.29, 1.82) is 0 Å². The van der Waals surface area contributed by atoms with Crippen molar-refractivity contribution in [1.82, 2.24) is 5.32 Å². The van der Waals surface area contributed by atoms with Crippen molar-refractivity contribution in [3.8, 4) is 5.75 Å². The molecule has 0 saturated heterocycles. The molecule has 90 valence electrons. The molecule has 0 bridgehead atoms. The second-order valence-electron chi connectivity index (χ2n) is 3.49. The fraction of sp³-hybridized carbons (Fsp3) is 0.455. The van der Waals surface area contributed by atoms with Gasteiger partial charge in [0.2, 0.25) is 0 Å². The van der Waals surface area contributed by atoms with Crippen LogP contribution in [0.25, 0.3) is 0 Å². The van der Waals surface area contributed by atoms with Crippen molar-refractivity contribution in [2.24, 2.45) is 0 Å². The highest BCUT2D eigenvalue weighted by molar-refractivity contribution is 5.32. The van der Waals surface area contributed by atoms with Crippen molar-refractivity contribution in [2.75, 3.05) is 20.3 Å². The van der Waals surface area contributed by atoms with Crippen LogP contribution in [0, 0.1) is 5.82 Å². The van der Waals surface area contributed by atoms with E-state index >= 15 is 0 Å². The molecule has 5 heteroatoms. The molecule has 3 N–H and O–H groups in total. The number of phenols is 1. The van der Waals surface area contributed by atoms with Gasteiger partial charge in [-0.3, -0.25) is 0 Å². The monoisotopic (exact) mass is 229 g/mol. The summed E-state index contributed by atoms with van der Waals surface area (Å²) in [6.45, 7) is 0.550. The first-order valence-corrected chi connectivity index (χ1v) is 4.98. The summed E-state index contributed by atoms with van der Waals surface area (Å²) in [7, 11) is 1.53. The zero-order valence-corrected chi connectivity index (χ0v) is 9.11. The molecule has 0 aliphatic heterocycles. The Hall–Kier alpha value is -1.17. The fourth-order valence-corrected chi connectivity index (χ4v) is 1.33. The van der Waals surface area contributed by atoms with E-state index in [2.05, 4.69) is 5.32 Å². The van der Waals surface area contributed by atoms with Gasteiger partial charge in [-0.1, -0.05) is 0 Å². The maximum Gasteiger partial charge on any atom is 0.123 e. The Labute approximate surface area is 93.7 Å². The number of methoxy groups -OCH3 is 1. The van der Waals surface area contributed by atoms with Crippen molar-refractivity contribution >= 4 is 0 Å². The highest BCUT2D eigenvalue weighted by Gasteiger charge is 2.08. The number of aliphatic hydroxyl groups excluding tert-OH is 1. The average Bonchev–Trinajstić information content (AvgIpc) is 2.28. The predicted molar refractivity (Wildman–Crippen MR) is 57.7 cm³/mol. The summed E-state index contributed by atoms with van der Waals surface area (Å²) in [5, 5.41) is 21.4. The van der Waals surface area contributed by atoms with Crippen molar-refractivity contribution in [3.05, 3.63) is 29.6 Å². The fourth-order valence-electron chi connectivity index (χ4n) is 1.33. The SMILES string of the molecule is COCC(CO)NCc1cc(F)ccc1O. The van der Waals surface area contributed by atoms with Crippen LogP contribution < -0.4 is 5.32 Å². The lowest BCUT2D eigenvalue weighted by Gasteiger charge is -2.15. The second-order valence-corrected chi connectivity index (χ2v) is 3.49. The van der Waals surface area contributed by atoms with E-state index in [0.29, 0.717) is 12.2 Å². The number of phenolic OH excluding ortho intramolecular Hbond substituents is 1. The van der Waals surface area contributed by atoms with Crippen LogP contribution >= 0.6 is 0 Å². The van der Waals surface area contributed by atoms with Crippen LogP contribution in [0.4, 0.5) is 4.39 Å². The Kier molecular flexibility index (Phi) is 5.18. The molecule has 0 heterocycles. The molecule has 1 rings (SSSR count). The van der Waals surface area contributed by atoms with Crippen LogP contribution in [0.5, 0.6) is 5.75 Å². The van der Waals surface area contributed by atoms with E-state index in [-0.39, 0.29) is 24.9 Å². The smallest absolute Gasteiger partial charge is 0.123 e. The number of hydrogen-bond acceptors (Lipinski definition) is 4. The first kappa shape index (κ1) is 12.9. The highest BCUT2D eigenvalue weighted by atomic mass is 19.1. The molecule has 0 radical (unpaired) electrons. The summed E-state index contributed by atoms with van der Waals surface area (Å²) < 4.78 is 17.8. The quantitative estimate of drug-likeness (QED) is 0.669. The molecule has 16 heavy (non-hydrogen) atoms. The minimum atomic E-state index is -0.401. The van der Waals surface area contributed by atoms with Gasteiger partial charge in [-0.15, -0.1) is 0 Å². The summed E-state index contributed by atoms with van der Waals surface area (Å²) in [5.74, 6) is -0.370. The molecule has 0 saturated carbocycles. The first-order valence-electron chi connectivity index (χ1n) is 4.98. The van der Waals surface area contributed by atoms with Gasteiger partial charge in [0.15, 0.2) is 0 Å². The van der Waals surface area contributed by atoms with Crippen LogP contribution in [0.1, 0.15) is 5.56 Å². The van der Waals surface area contributed by atoms with Gasteiger partial charge >= 0.3 is 0 Å². The molecule has 0 aliphatic carbocycles. The molecule has 1 aromatic rings.